The fourth-order valence-corrected chi connectivity index (χ4v) is 1.67. The van der Waals surface area contributed by atoms with Gasteiger partial charge in [-0.1, -0.05) is 0 Å². The number of ether oxygens (including phenoxy) is 1. The minimum Gasteiger partial charge on any atom is -0.481 e. The van der Waals surface area contributed by atoms with Crippen LogP contribution in [-0.2, 0) is 9.53 Å². The molecule has 4 heteroatoms. The molecule has 0 radical (unpaired) electrons. The second-order valence-electron chi connectivity index (χ2n) is 2.83. The highest BCUT2D eigenvalue weighted by Gasteiger charge is 2.63. The van der Waals surface area contributed by atoms with E-state index in [1.54, 1.807) is 0 Å². The number of carbonyl (C=O) groups is 1. The van der Waals surface area contributed by atoms with Crippen LogP contribution in [-0.4, -0.2) is 29.1 Å². The van der Waals surface area contributed by atoms with E-state index < -0.39 is 12.3 Å². The molecule has 0 spiro atoms. The maximum Gasteiger partial charge on any atom is 0.307 e. The number of aliphatic hydroxyl groups excluding tert-OH is 1. The molecule has 0 aromatic carbocycles. The van der Waals surface area contributed by atoms with Gasteiger partial charge >= 0.3 is 5.97 Å². The molecule has 4 unspecified atom stereocenters. The average Bonchev–Trinajstić information content (AvgIpc) is 2.48. The van der Waals surface area contributed by atoms with Gasteiger partial charge in [0.05, 0.1) is 12.5 Å². The first-order chi connectivity index (χ1) is 4.72. The van der Waals surface area contributed by atoms with E-state index in [4.69, 9.17) is 14.9 Å². The molecule has 1 aliphatic heterocycles. The summed E-state index contributed by atoms with van der Waals surface area (Å²) in [6.07, 6.45) is -0.828. The highest BCUT2D eigenvalue weighted by molar-refractivity contribution is 5.74. The van der Waals surface area contributed by atoms with Crippen molar-refractivity contribution in [2.24, 2.45) is 17.8 Å². The number of aliphatic carboxylic acids is 1. The first kappa shape index (κ1) is 6.12. The number of aliphatic hydroxyl groups is 1. The van der Waals surface area contributed by atoms with Crippen molar-refractivity contribution in [3.63, 3.8) is 0 Å². The van der Waals surface area contributed by atoms with Crippen molar-refractivity contribution >= 4 is 5.97 Å². The van der Waals surface area contributed by atoms with Crippen LogP contribution in [0.1, 0.15) is 0 Å². The van der Waals surface area contributed by atoms with Crippen molar-refractivity contribution < 1.29 is 19.7 Å². The van der Waals surface area contributed by atoms with E-state index in [0.717, 1.165) is 0 Å². The number of hydrogen-bond acceptors (Lipinski definition) is 3. The molecule has 1 saturated carbocycles. The van der Waals surface area contributed by atoms with Gasteiger partial charge in [-0.25, -0.2) is 0 Å². The summed E-state index contributed by atoms with van der Waals surface area (Å²) in [5.74, 6) is -1.20. The van der Waals surface area contributed by atoms with Crippen LogP contribution in [0.5, 0.6) is 0 Å². The summed E-state index contributed by atoms with van der Waals surface area (Å²) >= 11 is 0. The van der Waals surface area contributed by atoms with Gasteiger partial charge in [0, 0.05) is 11.8 Å². The molecule has 2 fully saturated rings. The molecule has 0 aromatic heterocycles. The predicted molar refractivity (Wildman–Crippen MR) is 30.1 cm³/mol. The Morgan fingerprint density at radius 1 is 1.60 bits per heavy atom. The fraction of sp³-hybridized carbons (Fsp3) is 0.833. The number of hydrogen-bond donors (Lipinski definition) is 2. The van der Waals surface area contributed by atoms with Gasteiger partial charge in [0.25, 0.3) is 0 Å². The Morgan fingerprint density at radius 3 is 2.60 bits per heavy atom. The molecule has 1 aliphatic carbocycles. The molecule has 2 aliphatic rings. The number of rotatable bonds is 1. The molecule has 0 amide bonds. The standard InChI is InChI=1S/C6H8O4/c7-5(8)3-2-1-10-6(9)4(2)3/h2-4,6,9H,1H2,(H,7,8). The normalized spacial score (nSPS) is 50.5. The Morgan fingerprint density at radius 2 is 2.30 bits per heavy atom. The van der Waals surface area contributed by atoms with Crippen LogP contribution in [0.3, 0.4) is 0 Å². The summed E-state index contributed by atoms with van der Waals surface area (Å²) < 4.78 is 4.79. The summed E-state index contributed by atoms with van der Waals surface area (Å²) in [5, 5.41) is 17.5. The Balaban J connectivity index is 2.05. The Hall–Kier alpha value is -0.610. The summed E-state index contributed by atoms with van der Waals surface area (Å²) in [7, 11) is 0. The molecule has 4 nitrogen and oxygen atoms in total. The van der Waals surface area contributed by atoms with E-state index in [-0.39, 0.29) is 17.8 Å². The maximum atomic E-state index is 10.4. The molecule has 1 heterocycles. The smallest absolute Gasteiger partial charge is 0.307 e. The topological polar surface area (TPSA) is 66.8 Å². The van der Waals surface area contributed by atoms with Gasteiger partial charge in [0.2, 0.25) is 0 Å². The van der Waals surface area contributed by atoms with Crippen molar-refractivity contribution in [1.29, 1.82) is 0 Å². The lowest BCUT2D eigenvalue weighted by atomic mass is 10.3. The van der Waals surface area contributed by atoms with Gasteiger partial charge in [0.15, 0.2) is 6.29 Å². The first-order valence-electron chi connectivity index (χ1n) is 3.24. The van der Waals surface area contributed by atoms with Crippen LogP contribution in [0, 0.1) is 17.8 Å². The van der Waals surface area contributed by atoms with Gasteiger partial charge < -0.3 is 14.9 Å². The van der Waals surface area contributed by atoms with Gasteiger partial charge in [-0.2, -0.15) is 0 Å². The van der Waals surface area contributed by atoms with E-state index in [0.29, 0.717) is 6.61 Å². The second-order valence-corrected chi connectivity index (χ2v) is 2.83. The third-order valence-corrected chi connectivity index (χ3v) is 2.30. The average molecular weight is 144 g/mol. The molecule has 0 bridgehead atoms. The monoisotopic (exact) mass is 144 g/mol. The number of carboxylic acid groups (broad SMARTS) is 1. The van der Waals surface area contributed by atoms with Crippen LogP contribution in [0.25, 0.3) is 0 Å². The zero-order chi connectivity index (χ0) is 7.30. The molecule has 4 atom stereocenters. The molecule has 2 rings (SSSR count). The van der Waals surface area contributed by atoms with Crippen molar-refractivity contribution in [3.05, 3.63) is 0 Å². The zero-order valence-corrected chi connectivity index (χ0v) is 5.23. The maximum absolute atomic E-state index is 10.4. The first-order valence-corrected chi connectivity index (χ1v) is 3.24. The lowest BCUT2D eigenvalue weighted by Crippen LogP contribution is -2.16. The van der Waals surface area contributed by atoms with Crippen LogP contribution in [0.2, 0.25) is 0 Å². The van der Waals surface area contributed by atoms with Crippen molar-refractivity contribution in [3.8, 4) is 0 Å². The van der Waals surface area contributed by atoms with Crippen molar-refractivity contribution in [2.45, 2.75) is 6.29 Å². The van der Waals surface area contributed by atoms with E-state index >= 15 is 0 Å². The molecule has 2 N–H and O–H groups in total. The molecule has 0 aromatic rings. The van der Waals surface area contributed by atoms with E-state index in [2.05, 4.69) is 0 Å². The minimum atomic E-state index is -0.828. The van der Waals surface area contributed by atoms with Crippen LogP contribution in [0.15, 0.2) is 0 Å². The van der Waals surface area contributed by atoms with Gasteiger partial charge in [0.1, 0.15) is 0 Å². The quantitative estimate of drug-likeness (QED) is 0.509. The van der Waals surface area contributed by atoms with Gasteiger partial charge in [-0.15, -0.1) is 0 Å². The highest BCUT2D eigenvalue weighted by atomic mass is 16.6. The fourth-order valence-electron chi connectivity index (χ4n) is 1.67. The summed E-state index contributed by atoms with van der Waals surface area (Å²) in [4.78, 5) is 10.4. The summed E-state index contributed by atoms with van der Waals surface area (Å²) in [6, 6.07) is 0. The largest absolute Gasteiger partial charge is 0.481 e. The Kier molecular flexibility index (Phi) is 1.04. The lowest BCUT2D eigenvalue weighted by molar-refractivity contribution is -0.144. The van der Waals surface area contributed by atoms with Gasteiger partial charge in [-0.05, 0) is 0 Å². The minimum absolute atomic E-state index is 0.0764. The van der Waals surface area contributed by atoms with Gasteiger partial charge in [-0.3, -0.25) is 4.79 Å². The SMILES string of the molecule is O=C(O)C1C2COC(O)C21. The van der Waals surface area contributed by atoms with Crippen LogP contribution < -0.4 is 0 Å². The molecule has 56 valence electrons. The zero-order valence-electron chi connectivity index (χ0n) is 5.23. The van der Waals surface area contributed by atoms with E-state index in [9.17, 15) is 4.79 Å². The van der Waals surface area contributed by atoms with Crippen molar-refractivity contribution in [1.82, 2.24) is 0 Å². The Labute approximate surface area is 57.4 Å². The van der Waals surface area contributed by atoms with Crippen molar-refractivity contribution in [2.75, 3.05) is 6.61 Å². The third-order valence-electron chi connectivity index (χ3n) is 2.30. The summed E-state index contributed by atoms with van der Waals surface area (Å²) in [6.45, 7) is 0.406. The lowest BCUT2D eigenvalue weighted by Gasteiger charge is -2.04. The Bertz CT molecular complexity index is 179. The predicted octanol–water partition coefficient (Wildman–Crippen LogP) is -0.718. The molecule has 10 heavy (non-hydrogen) atoms. The van der Waals surface area contributed by atoms with Crippen LogP contribution in [0.4, 0.5) is 0 Å². The number of carboxylic acids is 1. The summed E-state index contributed by atoms with van der Waals surface area (Å²) in [5.41, 5.74) is 0. The highest BCUT2D eigenvalue weighted by Crippen LogP contribution is 2.53. The van der Waals surface area contributed by atoms with Crippen LogP contribution >= 0.6 is 0 Å². The second kappa shape index (κ2) is 1.71. The third kappa shape index (κ3) is 0.602. The van der Waals surface area contributed by atoms with E-state index in [1.807, 2.05) is 0 Å². The molecule has 1 saturated heterocycles. The molecular formula is C6H8O4. The molecular weight excluding hydrogens is 136 g/mol. The van der Waals surface area contributed by atoms with E-state index in [1.165, 1.54) is 0 Å². The number of fused-ring (bicyclic) bond motifs is 1.